The third-order valence-corrected chi connectivity index (χ3v) is 2.03. The van der Waals surface area contributed by atoms with Gasteiger partial charge in [-0.1, -0.05) is 13.8 Å². The summed E-state index contributed by atoms with van der Waals surface area (Å²) < 4.78 is 0. The molecular formula is C10H16ORfRh-2. The van der Waals surface area contributed by atoms with E-state index in [0.29, 0.717) is 0 Å². The molecule has 0 unspecified atom stereocenters. The van der Waals surface area contributed by atoms with Crippen molar-refractivity contribution in [1.82, 2.24) is 0 Å². The van der Waals surface area contributed by atoms with E-state index in [1.165, 1.54) is 0 Å². The van der Waals surface area contributed by atoms with Crippen LogP contribution in [0.4, 0.5) is 0 Å². The molecule has 75 valence electrons. The molecular weight excluding hydrogens is 506 g/mol. The van der Waals surface area contributed by atoms with Crippen molar-refractivity contribution in [3.05, 3.63) is 17.9 Å². The summed E-state index contributed by atoms with van der Waals surface area (Å²) in [5.74, 6) is 0. The fraction of sp³-hybridized carbons (Fsp3) is 0.700. The molecule has 0 aliphatic rings. The molecule has 0 fully saturated rings. The van der Waals surface area contributed by atoms with Crippen molar-refractivity contribution >= 4 is 0 Å². The van der Waals surface area contributed by atoms with Gasteiger partial charge < -0.3 is 23.0 Å². The molecule has 1 nitrogen and oxygen atoms in total. The molecule has 0 aromatic rings. The quantitative estimate of drug-likeness (QED) is 0.335. The summed E-state index contributed by atoms with van der Waals surface area (Å²) >= 11 is 0. The van der Waals surface area contributed by atoms with Gasteiger partial charge in [-0.25, -0.2) is 0 Å². The maximum absolute atomic E-state index is 9.64. The standard InChI is InChI=1S/C10H16O.Rf.Rh/c1-6-7-8-9(2,3)10(4,5)11;;/h11H,1-5H3;;/q-2;;. The molecule has 0 bridgehead atoms. The summed E-state index contributed by atoms with van der Waals surface area (Å²) in [6, 6.07) is 0. The summed E-state index contributed by atoms with van der Waals surface area (Å²) in [6.07, 6.45) is 5.66. The van der Waals surface area contributed by atoms with E-state index in [1.807, 2.05) is 13.8 Å². The van der Waals surface area contributed by atoms with Gasteiger partial charge in [0.25, 0.3) is 0 Å². The van der Waals surface area contributed by atoms with Gasteiger partial charge >= 0.3 is 0 Å². The first kappa shape index (κ1) is 18.0. The predicted octanol–water partition coefficient (Wildman–Crippen LogP) is 2.12. The first-order valence-electron chi connectivity index (χ1n) is 3.72. The van der Waals surface area contributed by atoms with Gasteiger partial charge in [0.05, 0.1) is 0 Å². The van der Waals surface area contributed by atoms with Crippen molar-refractivity contribution in [3.8, 4) is 0 Å². The zero-order chi connectivity index (χ0) is 9.12. The molecule has 0 heterocycles. The minimum atomic E-state index is -0.767. The van der Waals surface area contributed by atoms with E-state index in [0.717, 1.165) is 0 Å². The van der Waals surface area contributed by atoms with Crippen LogP contribution in [0.3, 0.4) is 0 Å². The van der Waals surface area contributed by atoms with Crippen LogP contribution in [0, 0.1) is 17.6 Å². The van der Waals surface area contributed by atoms with Gasteiger partial charge in [0.15, 0.2) is 0 Å². The van der Waals surface area contributed by atoms with E-state index in [1.54, 1.807) is 20.8 Å². The Balaban J connectivity index is -0.000000500. The fourth-order valence-electron chi connectivity index (χ4n) is 0.372. The van der Waals surface area contributed by atoms with E-state index < -0.39 is 5.60 Å². The normalized spacial score (nSPS) is 10.3. The Bertz CT molecular complexity index is 186. The zero-order valence-electron chi connectivity index (χ0n) is 8.99. The van der Waals surface area contributed by atoms with Crippen molar-refractivity contribution in [2.24, 2.45) is 5.41 Å². The van der Waals surface area contributed by atoms with Crippen LogP contribution >= 0.6 is 0 Å². The fourth-order valence-corrected chi connectivity index (χ4v) is 0.372. The van der Waals surface area contributed by atoms with Crippen LogP contribution in [0.2, 0.25) is 0 Å². The van der Waals surface area contributed by atoms with Gasteiger partial charge in [0.1, 0.15) is 0 Å². The van der Waals surface area contributed by atoms with Crippen LogP contribution < -0.4 is 0 Å². The summed E-state index contributed by atoms with van der Waals surface area (Å²) in [5.41, 5.74) is 1.59. The van der Waals surface area contributed by atoms with E-state index in [9.17, 15) is 5.11 Å². The van der Waals surface area contributed by atoms with Gasteiger partial charge in [-0.05, 0) is 13.8 Å². The minimum absolute atomic E-state index is 0. The van der Waals surface area contributed by atoms with Gasteiger partial charge in [-0.2, -0.15) is 6.92 Å². The second-order valence-electron chi connectivity index (χ2n) is 3.68. The zero-order valence-corrected chi connectivity index (χ0v) is 17.0. The van der Waals surface area contributed by atoms with Crippen LogP contribution in [0.5, 0.6) is 0 Å². The van der Waals surface area contributed by atoms with Crippen LogP contribution in [0.15, 0.2) is 5.73 Å². The summed E-state index contributed by atoms with van der Waals surface area (Å²) in [6.45, 7) is 9.11. The Morgan fingerprint density at radius 3 is 1.77 bits per heavy atom. The molecule has 0 atom stereocenters. The topological polar surface area (TPSA) is 20.2 Å². The first-order chi connectivity index (χ1) is 4.81. The average Bonchev–Trinajstić information content (AvgIpc) is 1.81. The SMILES string of the molecule is C[C-]=C=[C-]C(C)(C)C(C)(C)O.[Rf].[Rh]. The molecule has 0 aliphatic carbocycles. The van der Waals surface area contributed by atoms with Crippen molar-refractivity contribution in [2.45, 2.75) is 40.2 Å². The van der Waals surface area contributed by atoms with E-state index in [-0.39, 0.29) is 24.9 Å². The molecule has 1 radical (unpaired) electrons. The van der Waals surface area contributed by atoms with Gasteiger partial charge in [0, 0.05) is 25.1 Å². The molecule has 0 rings (SSSR count). The van der Waals surface area contributed by atoms with E-state index in [4.69, 9.17) is 0 Å². The molecule has 3 heteroatoms. The maximum atomic E-state index is 9.64. The summed E-state index contributed by atoms with van der Waals surface area (Å²) in [4.78, 5) is 0. The first-order valence-corrected chi connectivity index (χ1v) is 3.72. The van der Waals surface area contributed by atoms with Gasteiger partial charge in [-0.3, -0.25) is 0 Å². The molecule has 0 aromatic carbocycles. The Labute approximate surface area is 88.3 Å². The second-order valence-corrected chi connectivity index (χ2v) is 3.68. The number of rotatable bonds is 2. The monoisotopic (exact) mass is 522 g/mol. The molecule has 0 aliphatic heterocycles. The molecule has 0 saturated heterocycles. The summed E-state index contributed by atoms with van der Waals surface area (Å²) in [5, 5.41) is 9.64. The molecule has 13 heavy (non-hydrogen) atoms. The summed E-state index contributed by atoms with van der Waals surface area (Å²) in [7, 11) is 0. The number of hydrogen-bond donors (Lipinski definition) is 1. The molecule has 0 amide bonds. The Hall–Kier alpha value is -0.897. The average molecular weight is 522 g/mol. The maximum Gasteiger partial charge on any atom is 0.0383 e. The van der Waals surface area contributed by atoms with Crippen LogP contribution in [0.25, 0.3) is 0 Å². The Morgan fingerprint density at radius 2 is 1.54 bits per heavy atom. The van der Waals surface area contributed by atoms with Crippen molar-refractivity contribution in [1.29, 1.82) is 0 Å². The third-order valence-electron chi connectivity index (χ3n) is 2.03. The van der Waals surface area contributed by atoms with Crippen molar-refractivity contribution in [2.75, 3.05) is 0 Å². The van der Waals surface area contributed by atoms with E-state index in [2.05, 4.69) is 17.9 Å². The predicted molar refractivity (Wildman–Crippen MR) is 45.8 cm³/mol. The Morgan fingerprint density at radius 1 is 1.15 bits per heavy atom. The van der Waals surface area contributed by atoms with Crippen LogP contribution in [-0.4, -0.2) is 10.7 Å². The van der Waals surface area contributed by atoms with Crippen molar-refractivity contribution in [3.63, 3.8) is 0 Å². The largest absolute Gasteiger partial charge is 0.561 e. The number of hydrogen-bond acceptors (Lipinski definition) is 1. The van der Waals surface area contributed by atoms with Gasteiger partial charge in [0.2, 0.25) is 0 Å². The molecule has 0 saturated carbocycles. The smallest absolute Gasteiger partial charge is 0.0383 e. The minimum Gasteiger partial charge on any atom is -0.561 e. The van der Waals surface area contributed by atoms with Gasteiger partial charge in [-0.15, -0.1) is 5.41 Å². The molecule has 1 N–H and O–H groups in total. The third kappa shape index (κ3) is 5.36. The van der Waals surface area contributed by atoms with E-state index >= 15 is 0 Å². The molecule has 0 spiro atoms. The second kappa shape index (κ2) is 5.70. The molecule has 0 aromatic heterocycles. The van der Waals surface area contributed by atoms with Crippen LogP contribution in [-0.2, 0) is 19.5 Å². The van der Waals surface area contributed by atoms with Crippen molar-refractivity contribution < 1.29 is 24.6 Å². The Kier molecular flexibility index (Phi) is 7.89. The number of aliphatic hydroxyl groups is 1. The van der Waals surface area contributed by atoms with Crippen LogP contribution in [0.1, 0.15) is 34.6 Å².